The van der Waals surface area contributed by atoms with Crippen molar-refractivity contribution in [3.8, 4) is 11.4 Å². The number of carbonyl (C=O) groups is 1. The molecule has 0 spiro atoms. The Morgan fingerprint density at radius 1 is 1.32 bits per heavy atom. The number of ketones is 1. The highest BCUT2D eigenvalue weighted by molar-refractivity contribution is 7.91. The predicted octanol–water partition coefficient (Wildman–Crippen LogP) is 2.25. The summed E-state index contributed by atoms with van der Waals surface area (Å²) in [6, 6.07) is 5.46. The first kappa shape index (κ1) is 16.5. The van der Waals surface area contributed by atoms with Crippen LogP contribution in [-0.4, -0.2) is 36.4 Å². The Kier molecular flexibility index (Phi) is 4.30. The van der Waals surface area contributed by atoms with E-state index in [-0.39, 0.29) is 11.4 Å². The van der Waals surface area contributed by atoms with Crippen LogP contribution in [0.4, 0.5) is 8.78 Å². The van der Waals surface area contributed by atoms with Gasteiger partial charge in [0.2, 0.25) is 5.82 Å². The normalized spacial score (nSPS) is 12.4. The lowest BCUT2D eigenvalue weighted by Gasteiger charge is -2.01. The molecule has 0 radical (unpaired) electrons. The van der Waals surface area contributed by atoms with Crippen molar-refractivity contribution in [2.45, 2.75) is 5.38 Å². The lowest BCUT2D eigenvalue weighted by molar-refractivity contribution is 0.0551. The first-order chi connectivity index (χ1) is 10.1. The van der Waals surface area contributed by atoms with Crippen molar-refractivity contribution in [3.05, 3.63) is 35.7 Å². The molecule has 2 aromatic rings. The van der Waals surface area contributed by atoms with Crippen LogP contribution in [0.15, 0.2) is 28.8 Å². The van der Waals surface area contributed by atoms with Crippen molar-refractivity contribution in [1.29, 1.82) is 0 Å². The van der Waals surface area contributed by atoms with Gasteiger partial charge in [-0.15, -0.1) is 0 Å². The smallest absolute Gasteiger partial charge is 0.331 e. The first-order valence-electron chi connectivity index (χ1n) is 5.78. The maximum atomic E-state index is 12.8. The third kappa shape index (κ3) is 4.08. The van der Waals surface area contributed by atoms with E-state index in [2.05, 4.69) is 14.7 Å². The first-order valence-corrected chi connectivity index (χ1v) is 8.22. The van der Waals surface area contributed by atoms with Gasteiger partial charge in [-0.3, -0.25) is 4.79 Å². The van der Waals surface area contributed by atoms with Crippen molar-refractivity contribution in [2.75, 3.05) is 12.0 Å². The van der Waals surface area contributed by atoms with Crippen molar-refractivity contribution in [1.82, 2.24) is 10.1 Å². The fraction of sp³-hybridized carbons (Fsp3) is 0.250. The molecule has 2 rings (SSSR count). The third-order valence-electron chi connectivity index (χ3n) is 2.53. The summed E-state index contributed by atoms with van der Waals surface area (Å²) < 4.78 is 52.0. The standard InChI is InChI=1S/C12H9ClF2N2O4S/c1-22(19,20)6-9(18)7-2-4-8(5-3-7)10-16-11(21-17-10)12(13,14)15/h2-5H,6H2,1H3. The van der Waals surface area contributed by atoms with Gasteiger partial charge in [-0.1, -0.05) is 29.4 Å². The van der Waals surface area contributed by atoms with E-state index in [0.29, 0.717) is 5.56 Å². The molecule has 0 saturated heterocycles. The number of halogens is 3. The van der Waals surface area contributed by atoms with Gasteiger partial charge in [-0.25, -0.2) is 8.42 Å². The molecule has 118 valence electrons. The van der Waals surface area contributed by atoms with E-state index in [1.807, 2.05) is 0 Å². The second kappa shape index (κ2) is 5.73. The number of benzene rings is 1. The molecule has 0 unspecified atom stereocenters. The minimum atomic E-state index is -3.77. The highest BCUT2D eigenvalue weighted by atomic mass is 35.5. The summed E-state index contributed by atoms with van der Waals surface area (Å²) in [5.74, 6) is -2.36. The fourth-order valence-corrected chi connectivity index (χ4v) is 2.30. The van der Waals surface area contributed by atoms with E-state index in [1.165, 1.54) is 24.3 Å². The molecule has 0 saturated carbocycles. The minimum Gasteiger partial charge on any atom is -0.331 e. The molecule has 0 bridgehead atoms. The molecule has 0 atom stereocenters. The molecule has 0 aliphatic carbocycles. The minimum absolute atomic E-state index is 0.127. The molecule has 1 heterocycles. The monoisotopic (exact) mass is 350 g/mol. The van der Waals surface area contributed by atoms with Gasteiger partial charge in [0.25, 0.3) is 0 Å². The summed E-state index contributed by atoms with van der Waals surface area (Å²) in [7, 11) is -3.43. The van der Waals surface area contributed by atoms with Crippen molar-refractivity contribution >= 4 is 27.2 Å². The third-order valence-corrected chi connectivity index (χ3v) is 3.48. The van der Waals surface area contributed by atoms with Crippen LogP contribution in [0.25, 0.3) is 11.4 Å². The Bertz CT molecular complexity index is 797. The zero-order chi connectivity index (χ0) is 16.5. The summed E-state index contributed by atoms with van der Waals surface area (Å²) in [6.45, 7) is 0. The van der Waals surface area contributed by atoms with Crippen molar-refractivity contribution in [2.24, 2.45) is 0 Å². The van der Waals surface area contributed by atoms with Crippen LogP contribution in [0.2, 0.25) is 0 Å². The predicted molar refractivity (Wildman–Crippen MR) is 73.5 cm³/mol. The van der Waals surface area contributed by atoms with E-state index in [9.17, 15) is 22.0 Å². The Morgan fingerprint density at radius 2 is 1.91 bits per heavy atom. The average Bonchev–Trinajstić information content (AvgIpc) is 2.86. The molecular weight excluding hydrogens is 342 g/mol. The molecule has 10 heteroatoms. The number of rotatable bonds is 5. The average molecular weight is 351 g/mol. The summed E-state index contributed by atoms with van der Waals surface area (Å²) in [5.41, 5.74) is 0.479. The molecule has 6 nitrogen and oxygen atoms in total. The van der Waals surface area contributed by atoms with Gasteiger partial charge in [0.15, 0.2) is 15.6 Å². The Balaban J connectivity index is 2.22. The molecule has 1 aromatic carbocycles. The van der Waals surface area contributed by atoms with Crippen LogP contribution in [0.3, 0.4) is 0 Å². The van der Waals surface area contributed by atoms with Crippen LogP contribution in [0, 0.1) is 0 Å². The number of alkyl halides is 3. The summed E-state index contributed by atoms with van der Waals surface area (Å²) >= 11 is 4.76. The number of hydrogen-bond acceptors (Lipinski definition) is 6. The molecule has 0 aliphatic heterocycles. The van der Waals surface area contributed by atoms with Gasteiger partial charge in [-0.05, 0) is 11.6 Å². The maximum Gasteiger partial charge on any atom is 0.400 e. The van der Waals surface area contributed by atoms with E-state index in [1.54, 1.807) is 0 Å². The maximum absolute atomic E-state index is 12.8. The Morgan fingerprint density at radius 3 is 2.36 bits per heavy atom. The van der Waals surface area contributed by atoms with Gasteiger partial charge in [0, 0.05) is 17.4 Å². The van der Waals surface area contributed by atoms with Gasteiger partial charge in [-0.2, -0.15) is 13.8 Å². The summed E-state index contributed by atoms with van der Waals surface area (Å²) in [6.07, 6.45) is 0.951. The van der Waals surface area contributed by atoms with Crippen LogP contribution in [0.1, 0.15) is 16.2 Å². The SMILES string of the molecule is CS(=O)(=O)CC(=O)c1ccc(-c2noc(C(F)(F)Cl)n2)cc1. The van der Waals surface area contributed by atoms with Crippen LogP contribution >= 0.6 is 11.6 Å². The molecule has 1 aromatic heterocycles. The van der Waals surface area contributed by atoms with Gasteiger partial charge in [0.05, 0.1) is 0 Å². The second-order valence-corrected chi connectivity index (χ2v) is 7.11. The van der Waals surface area contributed by atoms with Crippen molar-refractivity contribution < 1.29 is 26.5 Å². The van der Waals surface area contributed by atoms with E-state index < -0.39 is 32.6 Å². The molecule has 0 amide bonds. The van der Waals surface area contributed by atoms with E-state index in [4.69, 9.17) is 11.6 Å². The topological polar surface area (TPSA) is 90.1 Å². The quantitative estimate of drug-likeness (QED) is 0.607. The van der Waals surface area contributed by atoms with Crippen LogP contribution in [-0.2, 0) is 15.2 Å². The second-order valence-electron chi connectivity index (χ2n) is 4.49. The zero-order valence-electron chi connectivity index (χ0n) is 11.1. The zero-order valence-corrected chi connectivity index (χ0v) is 12.7. The lowest BCUT2D eigenvalue weighted by Crippen LogP contribution is -2.14. The van der Waals surface area contributed by atoms with E-state index in [0.717, 1.165) is 6.26 Å². The molecule has 0 fully saturated rings. The highest BCUT2D eigenvalue weighted by Gasteiger charge is 2.35. The van der Waals surface area contributed by atoms with Crippen LogP contribution in [0.5, 0.6) is 0 Å². The molecule has 0 N–H and O–H groups in total. The largest absolute Gasteiger partial charge is 0.400 e. The van der Waals surface area contributed by atoms with Gasteiger partial charge >= 0.3 is 11.3 Å². The molecule has 22 heavy (non-hydrogen) atoms. The number of Topliss-reactive ketones (excluding diaryl/α,β-unsaturated/α-hetero) is 1. The van der Waals surface area contributed by atoms with Gasteiger partial charge < -0.3 is 4.52 Å². The molecular formula is C12H9ClF2N2O4S. The lowest BCUT2D eigenvalue weighted by atomic mass is 10.1. The van der Waals surface area contributed by atoms with Gasteiger partial charge in [0.1, 0.15) is 5.75 Å². The number of nitrogens with zero attached hydrogens (tertiary/aromatic N) is 2. The number of sulfone groups is 1. The fourth-order valence-electron chi connectivity index (χ4n) is 1.58. The Labute approximate surface area is 129 Å². The summed E-state index contributed by atoms with van der Waals surface area (Å²) in [4.78, 5) is 15.1. The molecule has 0 aliphatic rings. The number of aromatic nitrogens is 2. The van der Waals surface area contributed by atoms with Crippen molar-refractivity contribution in [3.63, 3.8) is 0 Å². The Hall–Kier alpha value is -1.87. The summed E-state index contributed by atoms with van der Waals surface area (Å²) in [5, 5.41) is -0.412. The number of hydrogen-bond donors (Lipinski definition) is 0. The van der Waals surface area contributed by atoms with E-state index >= 15 is 0 Å². The van der Waals surface area contributed by atoms with Crippen LogP contribution < -0.4 is 0 Å². The number of carbonyl (C=O) groups excluding carboxylic acids is 1. The highest BCUT2D eigenvalue weighted by Crippen LogP contribution is 2.32.